The zero-order valence-corrected chi connectivity index (χ0v) is 11.4. The smallest absolute Gasteiger partial charge is 0.220 e. The minimum atomic E-state index is -0.998. The van der Waals surface area contributed by atoms with E-state index in [2.05, 4.69) is 5.32 Å². The van der Waals surface area contributed by atoms with E-state index in [9.17, 15) is 14.3 Å². The van der Waals surface area contributed by atoms with Gasteiger partial charge in [0, 0.05) is 18.5 Å². The molecule has 106 valence electrons. The molecule has 1 amide bonds. The zero-order chi connectivity index (χ0) is 14.4. The van der Waals surface area contributed by atoms with Crippen LogP contribution in [0.3, 0.4) is 0 Å². The summed E-state index contributed by atoms with van der Waals surface area (Å²) in [6.45, 7) is 3.91. The number of halogens is 1. The second kappa shape index (κ2) is 7.09. The Hall–Kier alpha value is -1.62. The summed E-state index contributed by atoms with van der Waals surface area (Å²) in [6.07, 6.45) is -0.603. The van der Waals surface area contributed by atoms with Gasteiger partial charge in [0.2, 0.25) is 5.91 Å². The predicted octanol–water partition coefficient (Wildman–Crippen LogP) is 2.03. The first-order valence-electron chi connectivity index (χ1n) is 6.22. The Morgan fingerprint density at radius 3 is 2.74 bits per heavy atom. The number of benzene rings is 1. The second-order valence-electron chi connectivity index (χ2n) is 4.80. The highest BCUT2D eigenvalue weighted by Crippen LogP contribution is 2.25. The van der Waals surface area contributed by atoms with Crippen molar-refractivity contribution in [2.75, 3.05) is 13.7 Å². The number of rotatable bonds is 6. The fourth-order valence-electron chi connectivity index (χ4n) is 1.73. The van der Waals surface area contributed by atoms with Crippen molar-refractivity contribution in [1.29, 1.82) is 0 Å². The Bertz CT molecular complexity index is 435. The summed E-state index contributed by atoms with van der Waals surface area (Å²) in [6, 6.07) is 3.91. The van der Waals surface area contributed by atoms with Gasteiger partial charge in [0.25, 0.3) is 0 Å². The summed E-state index contributed by atoms with van der Waals surface area (Å²) >= 11 is 0. The topological polar surface area (TPSA) is 58.6 Å². The third-order valence-electron chi connectivity index (χ3n) is 2.64. The average molecular weight is 269 g/mol. The number of aliphatic hydroxyl groups excluding tert-OH is 1. The summed E-state index contributed by atoms with van der Waals surface area (Å²) in [7, 11) is 1.45. The number of amides is 1. The Balaban J connectivity index is 2.65. The van der Waals surface area contributed by atoms with Crippen molar-refractivity contribution < 1.29 is 19.0 Å². The maximum absolute atomic E-state index is 13.2. The van der Waals surface area contributed by atoms with Gasteiger partial charge in [-0.2, -0.15) is 0 Å². The fourth-order valence-corrected chi connectivity index (χ4v) is 1.73. The third kappa shape index (κ3) is 4.87. The van der Waals surface area contributed by atoms with Gasteiger partial charge in [-0.1, -0.05) is 13.8 Å². The summed E-state index contributed by atoms with van der Waals surface area (Å²) < 4.78 is 18.2. The minimum absolute atomic E-state index is 0.0331. The molecule has 0 radical (unpaired) electrons. The number of nitrogens with one attached hydrogen (secondary N) is 1. The zero-order valence-electron chi connectivity index (χ0n) is 11.4. The Labute approximate surface area is 112 Å². The molecule has 1 atom stereocenters. The normalized spacial score (nSPS) is 12.3. The molecule has 0 bridgehead atoms. The molecular weight excluding hydrogens is 249 g/mol. The van der Waals surface area contributed by atoms with E-state index in [4.69, 9.17) is 4.74 Å². The Morgan fingerprint density at radius 1 is 1.47 bits per heavy atom. The van der Waals surface area contributed by atoms with Crippen LogP contribution in [0.1, 0.15) is 31.9 Å². The molecule has 0 heterocycles. The molecule has 1 rings (SSSR count). The van der Waals surface area contributed by atoms with Crippen LogP contribution in [0.5, 0.6) is 5.75 Å². The first-order chi connectivity index (χ1) is 8.93. The van der Waals surface area contributed by atoms with Gasteiger partial charge in [-0.05, 0) is 24.1 Å². The molecule has 0 saturated heterocycles. The minimum Gasteiger partial charge on any atom is -0.496 e. The van der Waals surface area contributed by atoms with E-state index in [0.717, 1.165) is 0 Å². The van der Waals surface area contributed by atoms with Gasteiger partial charge in [0.15, 0.2) is 0 Å². The number of carbonyl (C=O) groups excluding carboxylic acids is 1. The highest BCUT2D eigenvalue weighted by molar-refractivity contribution is 5.76. The largest absolute Gasteiger partial charge is 0.496 e. The first-order valence-corrected chi connectivity index (χ1v) is 6.22. The molecule has 0 aromatic heterocycles. The first kappa shape index (κ1) is 15.4. The van der Waals surface area contributed by atoms with Crippen LogP contribution in [-0.2, 0) is 4.79 Å². The molecule has 0 fully saturated rings. The lowest BCUT2D eigenvalue weighted by atomic mass is 10.1. The van der Waals surface area contributed by atoms with E-state index >= 15 is 0 Å². The molecule has 19 heavy (non-hydrogen) atoms. The highest BCUT2D eigenvalue weighted by atomic mass is 19.1. The molecular formula is C14H20FNO3. The monoisotopic (exact) mass is 269 g/mol. The van der Waals surface area contributed by atoms with Crippen LogP contribution >= 0.6 is 0 Å². The second-order valence-corrected chi connectivity index (χ2v) is 4.80. The van der Waals surface area contributed by atoms with E-state index in [-0.39, 0.29) is 18.4 Å². The SMILES string of the molecule is COc1ccc(F)cc1C(O)CNC(=O)CC(C)C. The summed E-state index contributed by atoms with van der Waals surface area (Å²) in [5.41, 5.74) is 0.326. The Morgan fingerprint density at radius 2 is 2.16 bits per heavy atom. The van der Waals surface area contributed by atoms with Crippen molar-refractivity contribution in [2.45, 2.75) is 26.4 Å². The van der Waals surface area contributed by atoms with Crippen molar-refractivity contribution in [2.24, 2.45) is 5.92 Å². The lowest BCUT2D eigenvalue weighted by Gasteiger charge is -2.16. The van der Waals surface area contributed by atoms with Crippen LogP contribution in [0.25, 0.3) is 0 Å². The maximum Gasteiger partial charge on any atom is 0.220 e. The van der Waals surface area contributed by atoms with E-state index in [0.29, 0.717) is 17.7 Å². The predicted molar refractivity (Wildman–Crippen MR) is 70.4 cm³/mol. The quantitative estimate of drug-likeness (QED) is 0.830. The van der Waals surface area contributed by atoms with E-state index in [1.165, 1.54) is 25.3 Å². The number of hydrogen-bond donors (Lipinski definition) is 2. The number of ether oxygens (including phenoxy) is 1. The van der Waals surface area contributed by atoms with Crippen LogP contribution in [-0.4, -0.2) is 24.7 Å². The van der Waals surface area contributed by atoms with Gasteiger partial charge in [0.1, 0.15) is 11.6 Å². The van der Waals surface area contributed by atoms with Crippen LogP contribution in [0, 0.1) is 11.7 Å². The number of carbonyl (C=O) groups is 1. The van der Waals surface area contributed by atoms with E-state index < -0.39 is 11.9 Å². The maximum atomic E-state index is 13.2. The van der Waals surface area contributed by atoms with E-state index in [1.54, 1.807) is 0 Å². The number of methoxy groups -OCH3 is 1. The van der Waals surface area contributed by atoms with Crippen molar-refractivity contribution in [3.05, 3.63) is 29.6 Å². The van der Waals surface area contributed by atoms with Crippen LogP contribution in [0.4, 0.5) is 4.39 Å². The molecule has 1 aromatic carbocycles. The molecule has 5 heteroatoms. The fraction of sp³-hybridized carbons (Fsp3) is 0.500. The molecule has 1 aromatic rings. The molecule has 2 N–H and O–H groups in total. The molecule has 0 saturated carbocycles. The Kier molecular flexibility index (Phi) is 5.76. The lowest BCUT2D eigenvalue weighted by molar-refractivity contribution is -0.122. The van der Waals surface area contributed by atoms with E-state index in [1.807, 2.05) is 13.8 Å². The van der Waals surface area contributed by atoms with Crippen molar-refractivity contribution in [1.82, 2.24) is 5.32 Å². The molecule has 0 spiro atoms. The van der Waals surface area contributed by atoms with Gasteiger partial charge in [-0.25, -0.2) is 4.39 Å². The van der Waals surface area contributed by atoms with Gasteiger partial charge in [0.05, 0.1) is 13.2 Å². The highest BCUT2D eigenvalue weighted by Gasteiger charge is 2.15. The number of hydrogen-bond acceptors (Lipinski definition) is 3. The van der Waals surface area contributed by atoms with Gasteiger partial charge in [-0.3, -0.25) is 4.79 Å². The molecule has 4 nitrogen and oxygen atoms in total. The standard InChI is InChI=1S/C14H20FNO3/c1-9(2)6-14(18)16-8-12(17)11-7-10(15)4-5-13(11)19-3/h4-5,7,9,12,17H,6,8H2,1-3H3,(H,16,18). The summed E-state index contributed by atoms with van der Waals surface area (Å²) in [4.78, 5) is 11.5. The molecule has 0 aliphatic heterocycles. The molecule has 1 unspecified atom stereocenters. The lowest BCUT2D eigenvalue weighted by Crippen LogP contribution is -2.29. The summed E-state index contributed by atoms with van der Waals surface area (Å²) in [5, 5.41) is 12.6. The van der Waals surface area contributed by atoms with Gasteiger partial charge in [-0.15, -0.1) is 0 Å². The van der Waals surface area contributed by atoms with Crippen LogP contribution in [0.15, 0.2) is 18.2 Å². The van der Waals surface area contributed by atoms with Gasteiger partial charge < -0.3 is 15.2 Å². The van der Waals surface area contributed by atoms with Crippen molar-refractivity contribution >= 4 is 5.91 Å². The summed E-state index contributed by atoms with van der Waals surface area (Å²) in [5.74, 6) is 0.0561. The van der Waals surface area contributed by atoms with Crippen LogP contribution in [0.2, 0.25) is 0 Å². The van der Waals surface area contributed by atoms with Gasteiger partial charge >= 0.3 is 0 Å². The molecule has 0 aliphatic rings. The third-order valence-corrected chi connectivity index (χ3v) is 2.64. The van der Waals surface area contributed by atoms with Crippen molar-refractivity contribution in [3.8, 4) is 5.75 Å². The van der Waals surface area contributed by atoms with Crippen molar-refractivity contribution in [3.63, 3.8) is 0 Å². The number of aliphatic hydroxyl groups is 1. The molecule has 0 aliphatic carbocycles. The average Bonchev–Trinajstić information content (AvgIpc) is 2.35. The van der Waals surface area contributed by atoms with Crippen LogP contribution < -0.4 is 10.1 Å².